The second-order valence-corrected chi connectivity index (χ2v) is 6.24. The molecule has 23 heavy (non-hydrogen) atoms. The second kappa shape index (κ2) is 7.75. The van der Waals surface area contributed by atoms with E-state index in [1.807, 2.05) is 31.2 Å². The van der Waals surface area contributed by atoms with Crippen LogP contribution in [0.4, 0.5) is 5.82 Å². The average Bonchev–Trinajstić information content (AvgIpc) is 2.61. The predicted molar refractivity (Wildman–Crippen MR) is 93.7 cm³/mol. The average molecular weight is 314 g/mol. The van der Waals surface area contributed by atoms with Gasteiger partial charge >= 0.3 is 0 Å². The molecule has 0 spiro atoms. The third kappa shape index (κ3) is 3.82. The van der Waals surface area contributed by atoms with Gasteiger partial charge < -0.3 is 14.7 Å². The van der Waals surface area contributed by atoms with Crippen LogP contribution in [0.5, 0.6) is 0 Å². The van der Waals surface area contributed by atoms with Crippen LogP contribution in [0.1, 0.15) is 31.7 Å². The van der Waals surface area contributed by atoms with E-state index in [0.717, 1.165) is 60.9 Å². The van der Waals surface area contributed by atoms with Gasteiger partial charge in [0.05, 0.1) is 12.1 Å². The van der Waals surface area contributed by atoms with Crippen LogP contribution in [-0.4, -0.2) is 36.4 Å². The number of rotatable bonds is 6. The lowest BCUT2D eigenvalue weighted by molar-refractivity contribution is 0.127. The predicted octanol–water partition coefficient (Wildman–Crippen LogP) is 3.37. The van der Waals surface area contributed by atoms with Gasteiger partial charge in [-0.1, -0.05) is 18.2 Å². The van der Waals surface area contributed by atoms with E-state index in [1.165, 1.54) is 12.8 Å². The van der Waals surface area contributed by atoms with Crippen LogP contribution in [0.15, 0.2) is 30.3 Å². The zero-order valence-corrected chi connectivity index (χ0v) is 13.9. The van der Waals surface area contributed by atoms with Crippen LogP contribution in [0, 0.1) is 5.92 Å². The van der Waals surface area contributed by atoms with Crippen LogP contribution < -0.4 is 4.90 Å². The molecule has 0 radical (unpaired) electrons. The summed E-state index contributed by atoms with van der Waals surface area (Å²) in [5, 5.41) is 10.8. The summed E-state index contributed by atoms with van der Waals surface area (Å²) in [5.74, 6) is 1.70. The fourth-order valence-corrected chi connectivity index (χ4v) is 3.37. The largest absolute Gasteiger partial charge is 0.392 e. The Bertz CT molecular complexity index is 636. The minimum absolute atomic E-state index is 0.0391. The SMILES string of the molecule is CCOCCC1CCN(c2nc3ccccc3cc2CO)CC1. The molecule has 1 saturated heterocycles. The summed E-state index contributed by atoms with van der Waals surface area (Å²) >= 11 is 0. The lowest BCUT2D eigenvalue weighted by atomic mass is 9.93. The fourth-order valence-electron chi connectivity index (χ4n) is 3.37. The number of benzene rings is 1. The Morgan fingerprint density at radius 2 is 2.04 bits per heavy atom. The molecule has 0 saturated carbocycles. The number of anilines is 1. The van der Waals surface area contributed by atoms with Gasteiger partial charge in [-0.15, -0.1) is 0 Å². The molecule has 0 unspecified atom stereocenters. The Morgan fingerprint density at radius 3 is 2.78 bits per heavy atom. The Morgan fingerprint density at radius 1 is 1.26 bits per heavy atom. The summed E-state index contributed by atoms with van der Waals surface area (Å²) in [4.78, 5) is 7.14. The van der Waals surface area contributed by atoms with Crippen molar-refractivity contribution >= 4 is 16.7 Å². The highest BCUT2D eigenvalue weighted by Crippen LogP contribution is 2.28. The molecule has 1 fully saturated rings. The number of nitrogens with zero attached hydrogens (tertiary/aromatic N) is 2. The summed E-state index contributed by atoms with van der Waals surface area (Å²) in [6.07, 6.45) is 3.50. The van der Waals surface area contributed by atoms with Crippen molar-refractivity contribution in [3.05, 3.63) is 35.9 Å². The Labute approximate surface area is 138 Å². The van der Waals surface area contributed by atoms with Crippen LogP contribution in [0.3, 0.4) is 0 Å². The highest BCUT2D eigenvalue weighted by atomic mass is 16.5. The number of ether oxygens (including phenoxy) is 1. The van der Waals surface area contributed by atoms with E-state index in [4.69, 9.17) is 9.72 Å². The van der Waals surface area contributed by atoms with Gasteiger partial charge in [0.15, 0.2) is 0 Å². The van der Waals surface area contributed by atoms with Gasteiger partial charge in [0.25, 0.3) is 0 Å². The first-order valence-corrected chi connectivity index (χ1v) is 8.64. The van der Waals surface area contributed by atoms with Gasteiger partial charge in [-0.3, -0.25) is 0 Å². The highest BCUT2D eigenvalue weighted by molar-refractivity contribution is 5.81. The van der Waals surface area contributed by atoms with Crippen molar-refractivity contribution in [1.29, 1.82) is 0 Å². The van der Waals surface area contributed by atoms with Gasteiger partial charge in [-0.25, -0.2) is 4.98 Å². The smallest absolute Gasteiger partial charge is 0.134 e. The van der Waals surface area contributed by atoms with E-state index in [0.29, 0.717) is 0 Å². The van der Waals surface area contributed by atoms with Crippen molar-refractivity contribution in [2.45, 2.75) is 32.8 Å². The molecule has 4 nitrogen and oxygen atoms in total. The number of aromatic nitrogens is 1. The van der Waals surface area contributed by atoms with Crippen LogP contribution in [-0.2, 0) is 11.3 Å². The van der Waals surface area contributed by atoms with Crippen molar-refractivity contribution in [3.63, 3.8) is 0 Å². The van der Waals surface area contributed by atoms with Crippen molar-refractivity contribution in [2.24, 2.45) is 5.92 Å². The summed E-state index contributed by atoms with van der Waals surface area (Å²) < 4.78 is 5.47. The lowest BCUT2D eigenvalue weighted by Gasteiger charge is -2.34. The zero-order valence-electron chi connectivity index (χ0n) is 13.9. The molecule has 0 amide bonds. The first-order chi connectivity index (χ1) is 11.3. The molecule has 3 rings (SSSR count). The molecule has 2 aromatic rings. The van der Waals surface area contributed by atoms with Crippen LogP contribution >= 0.6 is 0 Å². The summed E-state index contributed by atoms with van der Waals surface area (Å²) in [5.41, 5.74) is 1.93. The molecule has 4 heteroatoms. The molecule has 2 heterocycles. The highest BCUT2D eigenvalue weighted by Gasteiger charge is 2.22. The minimum atomic E-state index is 0.0391. The summed E-state index contributed by atoms with van der Waals surface area (Å²) in [6, 6.07) is 10.2. The van der Waals surface area contributed by atoms with E-state index in [9.17, 15) is 5.11 Å². The second-order valence-electron chi connectivity index (χ2n) is 6.24. The molecule has 1 aromatic heterocycles. The number of para-hydroxylation sites is 1. The number of pyridine rings is 1. The third-order valence-corrected chi connectivity index (χ3v) is 4.74. The summed E-state index contributed by atoms with van der Waals surface area (Å²) in [7, 11) is 0. The maximum absolute atomic E-state index is 9.72. The maximum Gasteiger partial charge on any atom is 0.134 e. The van der Waals surface area contributed by atoms with Crippen molar-refractivity contribution < 1.29 is 9.84 Å². The lowest BCUT2D eigenvalue weighted by Crippen LogP contribution is -2.35. The first kappa shape index (κ1) is 16.2. The number of fused-ring (bicyclic) bond motifs is 1. The van der Waals surface area contributed by atoms with E-state index in [-0.39, 0.29) is 6.61 Å². The number of piperidine rings is 1. The van der Waals surface area contributed by atoms with Gasteiger partial charge in [0, 0.05) is 37.3 Å². The van der Waals surface area contributed by atoms with Crippen LogP contribution in [0.2, 0.25) is 0 Å². The molecule has 0 aliphatic carbocycles. The molecular weight excluding hydrogens is 288 g/mol. The number of hydrogen-bond donors (Lipinski definition) is 1. The molecule has 1 aromatic carbocycles. The molecule has 0 atom stereocenters. The molecule has 1 N–H and O–H groups in total. The minimum Gasteiger partial charge on any atom is -0.392 e. The molecule has 1 aliphatic heterocycles. The number of aliphatic hydroxyl groups excluding tert-OH is 1. The Hall–Kier alpha value is -1.65. The van der Waals surface area contributed by atoms with E-state index < -0.39 is 0 Å². The van der Waals surface area contributed by atoms with Crippen LogP contribution in [0.25, 0.3) is 10.9 Å². The summed E-state index contributed by atoms with van der Waals surface area (Å²) in [6.45, 7) is 5.78. The van der Waals surface area contributed by atoms with E-state index >= 15 is 0 Å². The number of hydrogen-bond acceptors (Lipinski definition) is 4. The first-order valence-electron chi connectivity index (χ1n) is 8.64. The van der Waals surface area contributed by atoms with Crippen molar-refractivity contribution in [1.82, 2.24) is 4.98 Å². The maximum atomic E-state index is 9.72. The quantitative estimate of drug-likeness (QED) is 0.830. The normalized spacial score (nSPS) is 16.2. The van der Waals surface area contributed by atoms with Gasteiger partial charge in [0.1, 0.15) is 5.82 Å². The van der Waals surface area contributed by atoms with Gasteiger partial charge in [0.2, 0.25) is 0 Å². The number of aliphatic hydroxyl groups is 1. The molecular formula is C19H26N2O2. The van der Waals surface area contributed by atoms with Gasteiger partial charge in [-0.05, 0) is 44.2 Å². The van der Waals surface area contributed by atoms with E-state index in [2.05, 4.69) is 11.0 Å². The third-order valence-electron chi connectivity index (χ3n) is 4.74. The fraction of sp³-hybridized carbons (Fsp3) is 0.526. The van der Waals surface area contributed by atoms with E-state index in [1.54, 1.807) is 0 Å². The van der Waals surface area contributed by atoms with Crippen molar-refractivity contribution in [3.8, 4) is 0 Å². The molecule has 1 aliphatic rings. The zero-order chi connectivity index (χ0) is 16.1. The van der Waals surface area contributed by atoms with Gasteiger partial charge in [-0.2, -0.15) is 0 Å². The Kier molecular flexibility index (Phi) is 5.47. The topological polar surface area (TPSA) is 45.6 Å². The Balaban J connectivity index is 1.71. The standard InChI is InChI=1S/C19H26N2O2/c1-2-23-12-9-15-7-10-21(11-8-15)19-17(14-22)13-16-5-3-4-6-18(16)20-19/h3-6,13,15,22H,2,7-12,14H2,1H3. The van der Waals surface area contributed by atoms with Crippen molar-refractivity contribution in [2.75, 3.05) is 31.2 Å². The monoisotopic (exact) mass is 314 g/mol. The molecule has 0 bridgehead atoms. The molecule has 124 valence electrons.